The van der Waals surface area contributed by atoms with Gasteiger partial charge in [0, 0.05) is 32.7 Å². The van der Waals surface area contributed by atoms with Crippen molar-refractivity contribution in [3.8, 4) is 0 Å². The number of β-amino-alcohol motifs (C(OH)–C–C–N with tert-alkyl or cyclic N) is 1. The minimum Gasteiger partial charge on any atom is -0.465 e. The lowest BCUT2D eigenvalue weighted by atomic mass is 10.1. The summed E-state index contributed by atoms with van der Waals surface area (Å²) in [6.07, 6.45) is 0.543. The van der Waals surface area contributed by atoms with Crippen LogP contribution in [0.2, 0.25) is 0 Å². The Morgan fingerprint density at radius 1 is 1.36 bits per heavy atom. The molecule has 140 valence electrons. The monoisotopic (exact) mass is 350 g/mol. The molecular weight excluding hydrogens is 320 g/mol. The Balaban J connectivity index is 1.75. The fraction of sp³-hybridized carbons (Fsp3) is 0.722. The van der Waals surface area contributed by atoms with E-state index in [4.69, 9.17) is 14.1 Å². The van der Waals surface area contributed by atoms with E-state index in [1.165, 1.54) is 0 Å². The second kappa shape index (κ2) is 8.69. The number of guanidine groups is 1. The number of furan rings is 1. The van der Waals surface area contributed by atoms with Gasteiger partial charge in [-0.15, -0.1) is 0 Å². The summed E-state index contributed by atoms with van der Waals surface area (Å²) >= 11 is 0. The highest BCUT2D eigenvalue weighted by Crippen LogP contribution is 2.24. The molecule has 0 bridgehead atoms. The van der Waals surface area contributed by atoms with Gasteiger partial charge in [0.05, 0.1) is 31.9 Å². The third-order valence-electron chi connectivity index (χ3n) is 4.79. The molecule has 3 rings (SSSR count). The first kappa shape index (κ1) is 18.2. The number of ether oxygens (including phenoxy) is 1. The highest BCUT2D eigenvalue weighted by Gasteiger charge is 2.27. The molecule has 0 aliphatic carbocycles. The molecule has 3 heterocycles. The van der Waals surface area contributed by atoms with Gasteiger partial charge in [-0.25, -0.2) is 0 Å². The number of hydrogen-bond donors (Lipinski definition) is 2. The molecule has 2 aliphatic heterocycles. The molecule has 2 N–H and O–H groups in total. The third-order valence-corrected chi connectivity index (χ3v) is 4.79. The quantitative estimate of drug-likeness (QED) is 0.610. The highest BCUT2D eigenvalue weighted by atomic mass is 16.5. The van der Waals surface area contributed by atoms with E-state index in [1.54, 1.807) is 0 Å². The summed E-state index contributed by atoms with van der Waals surface area (Å²) in [6, 6.07) is 4.17. The molecule has 0 radical (unpaired) electrons. The van der Waals surface area contributed by atoms with Crippen LogP contribution in [0.4, 0.5) is 0 Å². The van der Waals surface area contributed by atoms with Crippen LogP contribution in [0.25, 0.3) is 0 Å². The second-order valence-corrected chi connectivity index (χ2v) is 6.70. The predicted octanol–water partition coefficient (Wildman–Crippen LogP) is 0.993. The topological polar surface area (TPSA) is 73.5 Å². The van der Waals surface area contributed by atoms with E-state index >= 15 is 0 Å². The summed E-state index contributed by atoms with van der Waals surface area (Å²) in [7, 11) is 0. The molecular formula is C18H30N4O3. The van der Waals surface area contributed by atoms with Crippen molar-refractivity contribution in [3.05, 3.63) is 23.7 Å². The van der Waals surface area contributed by atoms with E-state index in [0.29, 0.717) is 13.1 Å². The Hall–Kier alpha value is -1.57. The van der Waals surface area contributed by atoms with Gasteiger partial charge in [-0.3, -0.25) is 9.89 Å². The van der Waals surface area contributed by atoms with Crippen LogP contribution in [0.3, 0.4) is 0 Å². The van der Waals surface area contributed by atoms with E-state index < -0.39 is 0 Å². The number of nitrogens with zero attached hydrogens (tertiary/aromatic N) is 3. The summed E-state index contributed by atoms with van der Waals surface area (Å²) < 4.78 is 11.4. The van der Waals surface area contributed by atoms with Gasteiger partial charge in [-0.05, 0) is 32.4 Å². The Kier molecular flexibility index (Phi) is 6.34. The zero-order valence-electron chi connectivity index (χ0n) is 15.3. The lowest BCUT2D eigenvalue weighted by molar-refractivity contribution is 0.0135. The number of aliphatic imine (C=N–C) groups is 1. The number of likely N-dealkylation sites (tertiary alicyclic amines) is 1. The predicted molar refractivity (Wildman–Crippen MR) is 96.8 cm³/mol. The van der Waals surface area contributed by atoms with E-state index in [2.05, 4.69) is 28.1 Å². The number of aryl methyl sites for hydroxylation is 1. The summed E-state index contributed by atoms with van der Waals surface area (Å²) in [4.78, 5) is 9.39. The van der Waals surface area contributed by atoms with Gasteiger partial charge in [0.25, 0.3) is 0 Å². The molecule has 2 aliphatic rings. The number of aliphatic hydroxyl groups excluding tert-OH is 1. The number of rotatable bonds is 5. The van der Waals surface area contributed by atoms with Gasteiger partial charge in [0.1, 0.15) is 11.5 Å². The van der Waals surface area contributed by atoms with Gasteiger partial charge in [0.15, 0.2) is 5.96 Å². The van der Waals surface area contributed by atoms with Crippen LogP contribution in [0.1, 0.15) is 30.9 Å². The van der Waals surface area contributed by atoms with Crippen molar-refractivity contribution in [1.29, 1.82) is 0 Å². The summed E-state index contributed by atoms with van der Waals surface area (Å²) in [5.74, 6) is 2.76. The molecule has 2 atom stereocenters. The largest absolute Gasteiger partial charge is 0.465 e. The Bertz CT molecular complexity index is 568. The normalized spacial score (nSPS) is 23.9. The Morgan fingerprint density at radius 3 is 2.76 bits per heavy atom. The minimum absolute atomic E-state index is 0.110. The average molecular weight is 350 g/mol. The Morgan fingerprint density at radius 2 is 2.16 bits per heavy atom. The van der Waals surface area contributed by atoms with Crippen molar-refractivity contribution in [2.24, 2.45) is 4.99 Å². The highest BCUT2D eigenvalue weighted by molar-refractivity contribution is 5.80. The molecule has 7 nitrogen and oxygen atoms in total. The summed E-state index contributed by atoms with van der Waals surface area (Å²) in [5.41, 5.74) is 0. The zero-order valence-corrected chi connectivity index (χ0v) is 15.3. The number of morpholine rings is 1. The van der Waals surface area contributed by atoms with Crippen LogP contribution in [-0.2, 0) is 4.74 Å². The van der Waals surface area contributed by atoms with Crippen LogP contribution in [0.15, 0.2) is 21.5 Å². The molecule has 0 amide bonds. The van der Waals surface area contributed by atoms with Crippen LogP contribution in [0.5, 0.6) is 0 Å². The smallest absolute Gasteiger partial charge is 0.194 e. The maximum atomic E-state index is 9.82. The number of hydrogen-bond acceptors (Lipinski definition) is 5. The molecule has 1 aromatic heterocycles. The van der Waals surface area contributed by atoms with Gasteiger partial charge < -0.3 is 24.5 Å². The SMILES string of the molecule is CCNC(=NCC(c1ccc(C)o1)N1CCOCC1)N1CC[C@@H](O)C1. The third kappa shape index (κ3) is 4.74. The molecule has 0 spiro atoms. The molecule has 1 unspecified atom stereocenters. The fourth-order valence-corrected chi connectivity index (χ4v) is 3.44. The molecule has 7 heteroatoms. The van der Waals surface area contributed by atoms with Gasteiger partial charge >= 0.3 is 0 Å². The maximum Gasteiger partial charge on any atom is 0.194 e. The van der Waals surface area contributed by atoms with Crippen molar-refractivity contribution >= 4 is 5.96 Å². The lowest BCUT2D eigenvalue weighted by Crippen LogP contribution is -2.43. The molecule has 2 fully saturated rings. The standard InChI is InChI=1S/C18H30N4O3/c1-3-19-18(22-7-6-15(23)13-22)20-12-16(17-5-4-14(2)25-17)21-8-10-24-11-9-21/h4-5,15-16,23H,3,6-13H2,1-2H3,(H,19,20)/t15-,16?/m1/s1. The van der Waals surface area contributed by atoms with Crippen LogP contribution < -0.4 is 5.32 Å². The van der Waals surface area contributed by atoms with E-state index in [-0.39, 0.29) is 12.1 Å². The van der Waals surface area contributed by atoms with Crippen LogP contribution >= 0.6 is 0 Å². The first-order valence-electron chi connectivity index (χ1n) is 9.27. The second-order valence-electron chi connectivity index (χ2n) is 6.70. The molecule has 2 saturated heterocycles. The van der Waals surface area contributed by atoms with Crippen molar-refractivity contribution in [1.82, 2.24) is 15.1 Å². The minimum atomic E-state index is -0.258. The van der Waals surface area contributed by atoms with Crippen molar-refractivity contribution in [2.75, 3.05) is 52.5 Å². The van der Waals surface area contributed by atoms with E-state index in [9.17, 15) is 5.11 Å². The van der Waals surface area contributed by atoms with E-state index in [1.807, 2.05) is 13.0 Å². The van der Waals surface area contributed by atoms with Crippen molar-refractivity contribution in [2.45, 2.75) is 32.4 Å². The number of nitrogens with one attached hydrogen (secondary N) is 1. The Labute approximate surface area is 149 Å². The number of aliphatic hydroxyl groups is 1. The van der Waals surface area contributed by atoms with Crippen molar-refractivity contribution < 1.29 is 14.3 Å². The molecule has 25 heavy (non-hydrogen) atoms. The van der Waals surface area contributed by atoms with E-state index in [0.717, 1.165) is 63.3 Å². The first-order chi connectivity index (χ1) is 12.2. The van der Waals surface area contributed by atoms with Gasteiger partial charge in [0.2, 0.25) is 0 Å². The van der Waals surface area contributed by atoms with Crippen molar-refractivity contribution in [3.63, 3.8) is 0 Å². The van der Waals surface area contributed by atoms with Gasteiger partial charge in [-0.2, -0.15) is 0 Å². The zero-order chi connectivity index (χ0) is 17.6. The first-order valence-corrected chi connectivity index (χ1v) is 9.27. The molecule has 0 aromatic carbocycles. The maximum absolute atomic E-state index is 9.82. The van der Waals surface area contributed by atoms with Crippen LogP contribution in [0, 0.1) is 6.92 Å². The summed E-state index contributed by atoms with van der Waals surface area (Å²) in [6.45, 7) is 10.2. The van der Waals surface area contributed by atoms with Crippen LogP contribution in [-0.4, -0.2) is 79.5 Å². The van der Waals surface area contributed by atoms with Gasteiger partial charge in [-0.1, -0.05) is 0 Å². The molecule has 0 saturated carbocycles. The average Bonchev–Trinajstić information content (AvgIpc) is 3.24. The lowest BCUT2D eigenvalue weighted by Gasteiger charge is -2.33. The molecule has 1 aromatic rings. The fourth-order valence-electron chi connectivity index (χ4n) is 3.44. The summed E-state index contributed by atoms with van der Waals surface area (Å²) in [5, 5.41) is 13.2.